The molecule has 0 unspecified atom stereocenters. The van der Waals surface area contributed by atoms with Crippen LogP contribution in [0.25, 0.3) is 74.8 Å². The van der Waals surface area contributed by atoms with Gasteiger partial charge in [0.2, 0.25) is 0 Å². The zero-order valence-electron chi connectivity index (χ0n) is 23.5. The fraction of sp³-hybridized carbons (Fsp3) is 0. The highest BCUT2D eigenvalue weighted by Crippen LogP contribution is 2.46. The monoisotopic (exact) mass is 581 g/mol. The quantitative estimate of drug-likeness (QED) is 0.208. The number of benzene rings is 7. The molecule has 0 radical (unpaired) electrons. The first-order valence-corrected chi connectivity index (χ1v) is 15.6. The van der Waals surface area contributed by atoms with Gasteiger partial charge in [-0.2, -0.15) is 0 Å². The summed E-state index contributed by atoms with van der Waals surface area (Å²) in [5, 5.41) is 9.37. The first-order valence-electron chi connectivity index (χ1n) is 14.8. The molecule has 0 saturated carbocycles. The Hall–Kier alpha value is -5.58. The van der Waals surface area contributed by atoms with Crippen LogP contribution in [0.2, 0.25) is 0 Å². The zero-order chi connectivity index (χ0) is 28.8. The highest BCUT2D eigenvalue weighted by molar-refractivity contribution is 7.25. The van der Waals surface area contributed by atoms with Gasteiger partial charge in [0.05, 0.1) is 11.1 Å². The lowest BCUT2D eigenvalue weighted by Crippen LogP contribution is -2.10. The molecule has 0 bridgehead atoms. The number of hydrogen-bond acceptors (Lipinski definition) is 4. The van der Waals surface area contributed by atoms with Crippen molar-refractivity contribution in [3.05, 3.63) is 140 Å². The SMILES string of the molecule is c1ccc2cc3c(cc2c1)oc1cccc(N(c2ccc4c(c2)sc2ccccc24)c2ccc4oc5ccccc5c4c2)c13. The number of nitrogens with zero attached hydrogens (tertiary/aromatic N) is 1. The predicted molar refractivity (Wildman–Crippen MR) is 186 cm³/mol. The van der Waals surface area contributed by atoms with Crippen molar-refractivity contribution in [2.24, 2.45) is 0 Å². The lowest BCUT2D eigenvalue weighted by Gasteiger charge is -2.26. The third kappa shape index (κ3) is 3.43. The molecule has 10 rings (SSSR count). The summed E-state index contributed by atoms with van der Waals surface area (Å²) in [4.78, 5) is 2.37. The Bertz CT molecular complexity index is 2750. The van der Waals surface area contributed by atoms with Gasteiger partial charge in [-0.1, -0.05) is 72.8 Å². The maximum absolute atomic E-state index is 6.51. The Labute approximate surface area is 255 Å². The van der Waals surface area contributed by atoms with Crippen LogP contribution in [0.5, 0.6) is 0 Å². The lowest BCUT2D eigenvalue weighted by molar-refractivity contribution is 0.668. The fourth-order valence-electron chi connectivity index (χ4n) is 6.81. The van der Waals surface area contributed by atoms with Crippen molar-refractivity contribution in [3.63, 3.8) is 0 Å². The molecule has 4 heteroatoms. The van der Waals surface area contributed by atoms with Gasteiger partial charge in [0.25, 0.3) is 0 Å². The summed E-state index contributed by atoms with van der Waals surface area (Å²) in [6.07, 6.45) is 0. The molecule has 0 N–H and O–H groups in total. The second-order valence-corrected chi connectivity index (χ2v) is 12.4. The molecule has 0 spiro atoms. The number of anilines is 3. The summed E-state index contributed by atoms with van der Waals surface area (Å²) in [5.41, 5.74) is 6.77. The normalized spacial score (nSPS) is 12.1. The van der Waals surface area contributed by atoms with E-state index in [1.165, 1.54) is 30.9 Å². The van der Waals surface area contributed by atoms with Crippen LogP contribution < -0.4 is 4.90 Å². The molecule has 44 heavy (non-hydrogen) atoms. The first kappa shape index (κ1) is 23.9. The van der Waals surface area contributed by atoms with Crippen LogP contribution in [0.4, 0.5) is 17.1 Å². The van der Waals surface area contributed by atoms with E-state index in [0.29, 0.717) is 0 Å². The summed E-state index contributed by atoms with van der Waals surface area (Å²) in [6, 6.07) is 49.5. The van der Waals surface area contributed by atoms with Crippen LogP contribution in [0.15, 0.2) is 148 Å². The molecule has 206 valence electrons. The second kappa shape index (κ2) is 8.96. The number of fused-ring (bicyclic) bond motifs is 10. The Morgan fingerprint density at radius 3 is 2.02 bits per heavy atom. The number of para-hydroxylation sites is 1. The van der Waals surface area contributed by atoms with E-state index >= 15 is 0 Å². The molecule has 3 nitrogen and oxygen atoms in total. The molecule has 0 fully saturated rings. The molecule has 3 aromatic heterocycles. The molecule has 0 aliphatic carbocycles. The van der Waals surface area contributed by atoms with E-state index in [2.05, 4.69) is 132 Å². The molecule has 0 aliphatic rings. The number of furan rings is 2. The van der Waals surface area contributed by atoms with Crippen molar-refractivity contribution in [2.75, 3.05) is 4.90 Å². The fourth-order valence-corrected chi connectivity index (χ4v) is 7.95. The largest absolute Gasteiger partial charge is 0.456 e. The van der Waals surface area contributed by atoms with E-state index in [1.807, 2.05) is 23.5 Å². The Kier molecular flexibility index (Phi) is 4.87. The third-order valence-corrected chi connectivity index (χ3v) is 9.95. The molecule has 7 aromatic carbocycles. The summed E-state index contributed by atoms with van der Waals surface area (Å²) in [5.74, 6) is 0. The minimum atomic E-state index is 0.871. The third-order valence-electron chi connectivity index (χ3n) is 8.82. The van der Waals surface area contributed by atoms with Crippen molar-refractivity contribution in [3.8, 4) is 0 Å². The van der Waals surface area contributed by atoms with Gasteiger partial charge in [-0.05, 0) is 77.5 Å². The maximum Gasteiger partial charge on any atom is 0.137 e. The molecular weight excluding hydrogens is 559 g/mol. The Balaban J connectivity index is 1.29. The van der Waals surface area contributed by atoms with Gasteiger partial charge in [0, 0.05) is 47.7 Å². The molecule has 10 aromatic rings. The average molecular weight is 582 g/mol. The minimum Gasteiger partial charge on any atom is -0.456 e. The van der Waals surface area contributed by atoms with E-state index in [-0.39, 0.29) is 0 Å². The summed E-state index contributed by atoms with van der Waals surface area (Å²) in [7, 11) is 0. The van der Waals surface area contributed by atoms with Gasteiger partial charge in [0.1, 0.15) is 22.3 Å². The van der Waals surface area contributed by atoms with Gasteiger partial charge in [0.15, 0.2) is 0 Å². The molecule has 0 saturated heterocycles. The highest BCUT2D eigenvalue weighted by atomic mass is 32.1. The van der Waals surface area contributed by atoms with E-state index in [4.69, 9.17) is 8.83 Å². The smallest absolute Gasteiger partial charge is 0.137 e. The zero-order valence-corrected chi connectivity index (χ0v) is 24.3. The van der Waals surface area contributed by atoms with Crippen molar-refractivity contribution in [1.29, 1.82) is 0 Å². The average Bonchev–Trinajstić information content (AvgIpc) is 3.74. The van der Waals surface area contributed by atoms with Crippen molar-refractivity contribution < 1.29 is 8.83 Å². The standard InChI is InChI=1S/C40H23NO2S/c1-2-9-25-21-37-32(20-24(25)8-1)40-33(12-7-14-36(40)43-37)41(26-17-19-35-31(22-26)28-10-3-5-13-34(28)42-35)27-16-18-30-29-11-4-6-15-38(29)44-39(30)23-27/h1-23H. The molecule has 0 aliphatic heterocycles. The molecule has 0 atom stereocenters. The predicted octanol–water partition coefficient (Wildman–Crippen LogP) is 12.5. The summed E-state index contributed by atoms with van der Waals surface area (Å²) in [6.45, 7) is 0. The van der Waals surface area contributed by atoms with Gasteiger partial charge in [-0.25, -0.2) is 0 Å². The number of thiophene rings is 1. The molecular formula is C40H23NO2S. The van der Waals surface area contributed by atoms with Gasteiger partial charge in [-0.3, -0.25) is 0 Å². The lowest BCUT2D eigenvalue weighted by atomic mass is 10.0. The van der Waals surface area contributed by atoms with Crippen LogP contribution in [0.1, 0.15) is 0 Å². The summed E-state index contributed by atoms with van der Waals surface area (Å²) >= 11 is 1.84. The number of rotatable bonds is 3. The van der Waals surface area contributed by atoms with Crippen molar-refractivity contribution in [2.45, 2.75) is 0 Å². The van der Waals surface area contributed by atoms with E-state index in [1.54, 1.807) is 0 Å². The van der Waals surface area contributed by atoms with Crippen LogP contribution in [-0.2, 0) is 0 Å². The van der Waals surface area contributed by atoms with Crippen molar-refractivity contribution in [1.82, 2.24) is 0 Å². The van der Waals surface area contributed by atoms with E-state index < -0.39 is 0 Å². The van der Waals surface area contributed by atoms with Crippen LogP contribution in [0.3, 0.4) is 0 Å². The van der Waals surface area contributed by atoms with Gasteiger partial charge < -0.3 is 13.7 Å². The van der Waals surface area contributed by atoms with E-state index in [9.17, 15) is 0 Å². The Morgan fingerprint density at radius 2 is 1.09 bits per heavy atom. The molecule has 0 amide bonds. The van der Waals surface area contributed by atoms with Gasteiger partial charge in [-0.15, -0.1) is 11.3 Å². The van der Waals surface area contributed by atoms with Crippen molar-refractivity contribution >= 4 is 103 Å². The molecule has 3 heterocycles. The highest BCUT2D eigenvalue weighted by Gasteiger charge is 2.21. The minimum absolute atomic E-state index is 0.871. The summed E-state index contributed by atoms with van der Waals surface area (Å²) < 4.78 is 15.3. The van der Waals surface area contributed by atoms with Gasteiger partial charge >= 0.3 is 0 Å². The van der Waals surface area contributed by atoms with Crippen LogP contribution in [0, 0.1) is 0 Å². The Morgan fingerprint density at radius 1 is 0.409 bits per heavy atom. The van der Waals surface area contributed by atoms with Crippen LogP contribution >= 0.6 is 11.3 Å². The number of hydrogen-bond donors (Lipinski definition) is 0. The van der Waals surface area contributed by atoms with Crippen LogP contribution in [-0.4, -0.2) is 0 Å². The van der Waals surface area contributed by atoms with E-state index in [0.717, 1.165) is 60.9 Å². The first-order chi connectivity index (χ1) is 21.8. The second-order valence-electron chi connectivity index (χ2n) is 11.3. The maximum atomic E-state index is 6.51. The topological polar surface area (TPSA) is 29.5 Å².